The number of hydrogen-bond donors (Lipinski definition) is 2. The van der Waals surface area contributed by atoms with Crippen molar-refractivity contribution in [3.05, 3.63) is 44.6 Å². The molecule has 7 heteroatoms. The lowest BCUT2D eigenvalue weighted by molar-refractivity contribution is -0.120. The molecule has 2 atom stereocenters. The Labute approximate surface area is 185 Å². The van der Waals surface area contributed by atoms with Gasteiger partial charge in [0.2, 0.25) is 5.91 Å². The third kappa shape index (κ3) is 4.83. The highest BCUT2D eigenvalue weighted by atomic mass is 79.9. The molecule has 156 valence electrons. The van der Waals surface area contributed by atoms with Gasteiger partial charge in [-0.2, -0.15) is 0 Å². The quantitative estimate of drug-likeness (QED) is 0.610. The molecule has 5 nitrogen and oxygen atoms in total. The second kappa shape index (κ2) is 8.48. The first-order chi connectivity index (χ1) is 13.6. The summed E-state index contributed by atoms with van der Waals surface area (Å²) in [6.45, 7) is 10.0. The van der Waals surface area contributed by atoms with Gasteiger partial charge < -0.3 is 15.5 Å². The molecule has 0 spiro atoms. The number of nitrogens with zero attached hydrogens (tertiary/aromatic N) is 1. The van der Waals surface area contributed by atoms with E-state index in [1.54, 1.807) is 19.9 Å². The molecule has 0 radical (unpaired) electrons. The van der Waals surface area contributed by atoms with E-state index in [9.17, 15) is 9.59 Å². The fourth-order valence-electron chi connectivity index (χ4n) is 3.82. The largest absolute Gasteiger partial charge is 0.366 e. The molecule has 3 rings (SSSR count). The number of aryl methyl sites for hydroxylation is 1. The topological polar surface area (TPSA) is 61.4 Å². The van der Waals surface area contributed by atoms with Gasteiger partial charge in [0, 0.05) is 23.5 Å². The molecule has 2 heterocycles. The molecular formula is C22H28BrN3O2S. The Hall–Kier alpha value is -1.86. The molecule has 1 aliphatic heterocycles. The number of rotatable bonds is 5. The molecule has 1 aromatic carbocycles. The van der Waals surface area contributed by atoms with E-state index in [0.717, 1.165) is 15.0 Å². The monoisotopic (exact) mass is 477 g/mol. The molecule has 29 heavy (non-hydrogen) atoms. The van der Waals surface area contributed by atoms with Crippen LogP contribution in [0.3, 0.4) is 0 Å². The van der Waals surface area contributed by atoms with Crippen molar-refractivity contribution < 1.29 is 9.59 Å². The van der Waals surface area contributed by atoms with Crippen molar-refractivity contribution in [1.29, 1.82) is 0 Å². The molecule has 0 saturated carbocycles. The Bertz CT molecular complexity index is 915. The highest BCUT2D eigenvalue weighted by Crippen LogP contribution is 2.33. The number of nitrogens with one attached hydrogen (secondary N) is 2. The summed E-state index contributed by atoms with van der Waals surface area (Å²) in [5.74, 6) is -0.513. The van der Waals surface area contributed by atoms with Crippen LogP contribution in [0.2, 0.25) is 0 Å². The average molecular weight is 478 g/mol. The van der Waals surface area contributed by atoms with Crippen molar-refractivity contribution in [2.24, 2.45) is 0 Å². The van der Waals surface area contributed by atoms with Gasteiger partial charge in [-0.15, -0.1) is 11.3 Å². The zero-order chi connectivity index (χ0) is 21.3. The Morgan fingerprint density at radius 2 is 1.79 bits per heavy atom. The van der Waals surface area contributed by atoms with Crippen LogP contribution in [0.4, 0.5) is 11.4 Å². The fraction of sp³-hybridized carbons (Fsp3) is 0.455. The lowest BCUT2D eigenvalue weighted by Gasteiger charge is -2.30. The second-order valence-electron chi connectivity index (χ2n) is 8.32. The van der Waals surface area contributed by atoms with Crippen LogP contribution in [-0.4, -0.2) is 29.4 Å². The summed E-state index contributed by atoms with van der Waals surface area (Å²) in [6.07, 6.45) is 2.40. The van der Waals surface area contributed by atoms with Crippen LogP contribution in [0.1, 0.15) is 55.8 Å². The van der Waals surface area contributed by atoms with Gasteiger partial charge in [0.1, 0.15) is 5.54 Å². The SMILES string of the molecule is Cc1cc(NC(=O)C(C)(C)NC(=O)c2ccc(Br)s2)ccc1N1C(C)CCC1C. The van der Waals surface area contributed by atoms with Gasteiger partial charge in [-0.05, 0) is 99.3 Å². The third-order valence-electron chi connectivity index (χ3n) is 5.48. The lowest BCUT2D eigenvalue weighted by Crippen LogP contribution is -2.52. The predicted molar refractivity (Wildman–Crippen MR) is 124 cm³/mol. The Morgan fingerprint density at radius 3 is 2.34 bits per heavy atom. The number of anilines is 2. The van der Waals surface area contributed by atoms with Crippen LogP contribution in [-0.2, 0) is 4.79 Å². The zero-order valence-corrected chi connectivity index (χ0v) is 19.9. The summed E-state index contributed by atoms with van der Waals surface area (Å²) in [5.41, 5.74) is 2.04. The summed E-state index contributed by atoms with van der Waals surface area (Å²) in [4.78, 5) is 28.3. The van der Waals surface area contributed by atoms with Crippen molar-refractivity contribution in [2.75, 3.05) is 10.2 Å². The van der Waals surface area contributed by atoms with E-state index in [1.807, 2.05) is 18.2 Å². The highest BCUT2D eigenvalue weighted by Gasteiger charge is 2.31. The molecule has 2 N–H and O–H groups in total. The molecule has 1 fully saturated rings. The van der Waals surface area contributed by atoms with Gasteiger partial charge in [-0.3, -0.25) is 9.59 Å². The standard InChI is InChI=1S/C22H28BrN3O2S/c1-13-12-16(8-9-17(13)26-14(2)6-7-15(26)3)24-21(28)22(4,5)25-20(27)18-10-11-19(23)29-18/h8-12,14-15H,6-7H2,1-5H3,(H,24,28)(H,25,27). The van der Waals surface area contributed by atoms with Crippen molar-refractivity contribution in [2.45, 2.75) is 65.1 Å². The van der Waals surface area contributed by atoms with Gasteiger partial charge in [0.25, 0.3) is 5.91 Å². The first kappa shape index (κ1) is 21.8. The number of hydrogen-bond acceptors (Lipinski definition) is 4. The highest BCUT2D eigenvalue weighted by molar-refractivity contribution is 9.11. The average Bonchev–Trinajstić information content (AvgIpc) is 3.21. The predicted octanol–water partition coefficient (Wildman–Crippen LogP) is 5.34. The molecular weight excluding hydrogens is 450 g/mol. The lowest BCUT2D eigenvalue weighted by atomic mass is 10.0. The Kier molecular flexibility index (Phi) is 6.39. The minimum Gasteiger partial charge on any atom is -0.366 e. The molecule has 1 aliphatic rings. The van der Waals surface area contributed by atoms with Gasteiger partial charge in [0.05, 0.1) is 8.66 Å². The van der Waals surface area contributed by atoms with Crippen LogP contribution in [0.5, 0.6) is 0 Å². The molecule has 0 aliphatic carbocycles. The third-order valence-corrected chi connectivity index (χ3v) is 7.10. The summed E-state index contributed by atoms with van der Waals surface area (Å²) < 4.78 is 0.877. The van der Waals surface area contributed by atoms with Gasteiger partial charge in [-0.25, -0.2) is 0 Å². The summed E-state index contributed by atoms with van der Waals surface area (Å²) in [7, 11) is 0. The van der Waals surface area contributed by atoms with Crippen LogP contribution in [0.15, 0.2) is 34.1 Å². The molecule has 1 saturated heterocycles. The summed E-state index contributed by atoms with van der Waals surface area (Å²) >= 11 is 4.69. The zero-order valence-electron chi connectivity index (χ0n) is 17.5. The van der Waals surface area contributed by atoms with Crippen LogP contribution < -0.4 is 15.5 Å². The minimum atomic E-state index is -1.04. The van der Waals surface area contributed by atoms with E-state index in [1.165, 1.54) is 29.9 Å². The number of carbonyl (C=O) groups is 2. The van der Waals surface area contributed by atoms with Gasteiger partial charge in [0.15, 0.2) is 0 Å². The Morgan fingerprint density at radius 1 is 1.14 bits per heavy atom. The van der Waals surface area contributed by atoms with Crippen molar-refractivity contribution >= 4 is 50.5 Å². The molecule has 2 unspecified atom stereocenters. The van der Waals surface area contributed by atoms with Crippen molar-refractivity contribution in [1.82, 2.24) is 5.32 Å². The van der Waals surface area contributed by atoms with Gasteiger partial charge in [-0.1, -0.05) is 0 Å². The number of thiophene rings is 1. The number of amides is 2. The van der Waals surface area contributed by atoms with E-state index < -0.39 is 5.54 Å². The smallest absolute Gasteiger partial charge is 0.262 e. The van der Waals surface area contributed by atoms with Crippen LogP contribution >= 0.6 is 27.3 Å². The maximum absolute atomic E-state index is 12.8. The second-order valence-corrected chi connectivity index (χ2v) is 10.8. The normalized spacial score (nSPS) is 19.3. The summed E-state index contributed by atoms with van der Waals surface area (Å²) in [6, 6.07) is 10.6. The maximum atomic E-state index is 12.8. The van der Waals surface area contributed by atoms with Crippen LogP contribution in [0, 0.1) is 6.92 Å². The van der Waals surface area contributed by atoms with E-state index in [-0.39, 0.29) is 11.8 Å². The Balaban J connectivity index is 1.69. The van der Waals surface area contributed by atoms with E-state index >= 15 is 0 Å². The number of halogens is 1. The fourth-order valence-corrected chi connectivity index (χ4v) is 5.10. The van der Waals surface area contributed by atoms with E-state index in [0.29, 0.717) is 17.0 Å². The van der Waals surface area contributed by atoms with E-state index in [2.05, 4.69) is 58.3 Å². The molecule has 2 amide bonds. The van der Waals surface area contributed by atoms with Crippen molar-refractivity contribution in [3.63, 3.8) is 0 Å². The molecule has 2 aromatic rings. The van der Waals surface area contributed by atoms with E-state index in [4.69, 9.17) is 0 Å². The molecule has 1 aromatic heterocycles. The number of carbonyl (C=O) groups excluding carboxylic acids is 2. The maximum Gasteiger partial charge on any atom is 0.262 e. The van der Waals surface area contributed by atoms with Crippen molar-refractivity contribution in [3.8, 4) is 0 Å². The summed E-state index contributed by atoms with van der Waals surface area (Å²) in [5, 5.41) is 5.77. The first-order valence-corrected chi connectivity index (χ1v) is 11.5. The molecule has 0 bridgehead atoms. The van der Waals surface area contributed by atoms with Crippen LogP contribution in [0.25, 0.3) is 0 Å². The van der Waals surface area contributed by atoms with Gasteiger partial charge >= 0.3 is 0 Å². The number of benzene rings is 1. The first-order valence-electron chi connectivity index (χ1n) is 9.87. The minimum absolute atomic E-state index is 0.253.